The molecule has 4 aromatic rings. The Morgan fingerprint density at radius 3 is 2.20 bits per heavy atom. The van der Waals surface area contributed by atoms with E-state index in [4.69, 9.17) is 0 Å². The van der Waals surface area contributed by atoms with Crippen molar-refractivity contribution in [2.24, 2.45) is 0 Å². The molecular formula is C22H17NOS. The van der Waals surface area contributed by atoms with Gasteiger partial charge >= 0.3 is 0 Å². The summed E-state index contributed by atoms with van der Waals surface area (Å²) in [5.41, 5.74) is 3.16. The Hall–Kier alpha value is -2.78. The van der Waals surface area contributed by atoms with Crippen LogP contribution in [0, 0.1) is 0 Å². The number of aromatic nitrogens is 1. The molecule has 25 heavy (non-hydrogen) atoms. The summed E-state index contributed by atoms with van der Waals surface area (Å²) in [6, 6.07) is 26.8. The molecule has 0 amide bonds. The molecule has 1 heterocycles. The summed E-state index contributed by atoms with van der Waals surface area (Å²) in [5.74, 6) is 0.0223. The van der Waals surface area contributed by atoms with E-state index in [0.29, 0.717) is 0 Å². The van der Waals surface area contributed by atoms with Gasteiger partial charge in [0.2, 0.25) is 5.91 Å². The summed E-state index contributed by atoms with van der Waals surface area (Å²) in [5, 5.41) is 1.10. The van der Waals surface area contributed by atoms with Crippen LogP contribution >= 0.6 is 11.8 Å². The van der Waals surface area contributed by atoms with E-state index in [1.807, 2.05) is 42.6 Å². The molecular weight excluding hydrogens is 326 g/mol. The van der Waals surface area contributed by atoms with E-state index in [1.54, 1.807) is 23.3 Å². The Morgan fingerprint density at radius 1 is 0.840 bits per heavy atom. The van der Waals surface area contributed by atoms with E-state index in [0.717, 1.165) is 26.9 Å². The zero-order valence-electron chi connectivity index (χ0n) is 13.8. The summed E-state index contributed by atoms with van der Waals surface area (Å²) in [7, 11) is 0. The zero-order chi connectivity index (χ0) is 17.2. The van der Waals surface area contributed by atoms with Gasteiger partial charge in [0.05, 0.1) is 5.52 Å². The van der Waals surface area contributed by atoms with E-state index < -0.39 is 0 Å². The van der Waals surface area contributed by atoms with Crippen LogP contribution in [0.1, 0.15) is 11.7 Å². The minimum atomic E-state index is 0.0223. The van der Waals surface area contributed by atoms with E-state index >= 15 is 0 Å². The smallest absolute Gasteiger partial charge is 0.227 e. The Labute approximate surface area is 151 Å². The first-order chi connectivity index (χ1) is 12.2. The number of benzene rings is 3. The quantitative estimate of drug-likeness (QED) is 0.447. The van der Waals surface area contributed by atoms with Gasteiger partial charge in [-0.05, 0) is 29.8 Å². The first-order valence-electron chi connectivity index (χ1n) is 8.17. The topological polar surface area (TPSA) is 22.0 Å². The average Bonchev–Trinajstić information content (AvgIpc) is 3.02. The van der Waals surface area contributed by atoms with E-state index in [-0.39, 0.29) is 5.91 Å². The number of rotatable bonds is 3. The number of carbonyl (C=O) groups is 1. The summed E-state index contributed by atoms with van der Waals surface area (Å²) < 4.78 is 1.74. The van der Waals surface area contributed by atoms with E-state index in [9.17, 15) is 4.79 Å². The predicted molar refractivity (Wildman–Crippen MR) is 104 cm³/mol. The lowest BCUT2D eigenvalue weighted by Gasteiger charge is -2.04. The molecule has 4 rings (SSSR count). The molecule has 1 aromatic heterocycles. The highest BCUT2D eigenvalue weighted by Gasteiger charge is 2.13. The third-order valence-corrected chi connectivity index (χ3v) is 5.18. The second-order valence-electron chi connectivity index (χ2n) is 5.89. The van der Waals surface area contributed by atoms with Crippen LogP contribution in [0.5, 0.6) is 0 Å². The van der Waals surface area contributed by atoms with Crippen molar-refractivity contribution in [2.75, 3.05) is 0 Å². The predicted octanol–water partition coefficient (Wildman–Crippen LogP) is 6.12. The van der Waals surface area contributed by atoms with Crippen molar-refractivity contribution in [3.63, 3.8) is 0 Å². The van der Waals surface area contributed by atoms with Crippen LogP contribution in [0.15, 0.2) is 94.9 Å². The van der Waals surface area contributed by atoms with Gasteiger partial charge in [-0.3, -0.25) is 9.36 Å². The molecule has 0 radical (unpaired) electrons. The zero-order valence-corrected chi connectivity index (χ0v) is 14.7. The van der Waals surface area contributed by atoms with Crippen molar-refractivity contribution in [1.29, 1.82) is 0 Å². The maximum absolute atomic E-state index is 12.1. The van der Waals surface area contributed by atoms with Gasteiger partial charge in [-0.25, -0.2) is 0 Å². The average molecular weight is 343 g/mol. The molecule has 3 aromatic carbocycles. The number of hydrogen-bond donors (Lipinski definition) is 0. The van der Waals surface area contributed by atoms with Gasteiger partial charge in [0.15, 0.2) is 0 Å². The maximum Gasteiger partial charge on any atom is 0.227 e. The Balaban J connectivity index is 1.84. The molecule has 0 unspecified atom stereocenters. The lowest BCUT2D eigenvalue weighted by molar-refractivity contribution is 0.0941. The molecule has 0 aliphatic carbocycles. The fourth-order valence-corrected chi connectivity index (χ4v) is 3.88. The second kappa shape index (κ2) is 6.61. The fraction of sp³-hybridized carbons (Fsp3) is 0.0455. The van der Waals surface area contributed by atoms with E-state index in [2.05, 4.69) is 42.5 Å². The normalized spacial score (nSPS) is 10.9. The number of carbonyl (C=O) groups excluding carboxylic acids is 1. The lowest BCUT2D eigenvalue weighted by Crippen LogP contribution is -2.02. The highest BCUT2D eigenvalue weighted by molar-refractivity contribution is 7.99. The molecule has 2 nitrogen and oxygen atoms in total. The third-order valence-electron chi connectivity index (χ3n) is 4.18. The molecule has 0 spiro atoms. The van der Waals surface area contributed by atoms with Crippen molar-refractivity contribution >= 4 is 28.6 Å². The fourth-order valence-electron chi connectivity index (χ4n) is 3.00. The number of fused-ring (bicyclic) bond motifs is 1. The molecule has 0 bridgehead atoms. The molecule has 0 fully saturated rings. The van der Waals surface area contributed by atoms with Crippen molar-refractivity contribution in [1.82, 2.24) is 4.57 Å². The van der Waals surface area contributed by atoms with Crippen molar-refractivity contribution in [2.45, 2.75) is 16.7 Å². The van der Waals surface area contributed by atoms with Crippen molar-refractivity contribution in [3.8, 4) is 11.1 Å². The molecule has 0 aliphatic rings. The van der Waals surface area contributed by atoms with Crippen LogP contribution in [-0.2, 0) is 0 Å². The van der Waals surface area contributed by atoms with Gasteiger partial charge in [-0.1, -0.05) is 66.4 Å². The first-order valence-corrected chi connectivity index (χ1v) is 8.98. The van der Waals surface area contributed by atoms with Crippen LogP contribution in [-0.4, -0.2) is 10.5 Å². The highest BCUT2D eigenvalue weighted by atomic mass is 32.2. The Morgan fingerprint density at radius 2 is 1.52 bits per heavy atom. The number of hydrogen-bond acceptors (Lipinski definition) is 2. The van der Waals surface area contributed by atoms with Crippen LogP contribution in [0.4, 0.5) is 0 Å². The molecule has 0 N–H and O–H groups in total. The first kappa shape index (κ1) is 15.7. The van der Waals surface area contributed by atoms with E-state index in [1.165, 1.54) is 4.90 Å². The number of nitrogens with zero attached hydrogens (tertiary/aromatic N) is 1. The minimum absolute atomic E-state index is 0.0223. The van der Waals surface area contributed by atoms with Crippen LogP contribution < -0.4 is 0 Å². The third kappa shape index (κ3) is 3.11. The molecule has 0 saturated carbocycles. The van der Waals surface area contributed by atoms with Crippen LogP contribution in [0.25, 0.3) is 22.0 Å². The van der Waals surface area contributed by atoms with Crippen LogP contribution in [0.3, 0.4) is 0 Å². The SMILES string of the molecule is CC(=O)n1cc(-c2ccccc2)c2ccc(Sc3ccccc3)cc21. The largest absolute Gasteiger partial charge is 0.287 e. The van der Waals surface area contributed by atoms with Crippen LogP contribution in [0.2, 0.25) is 0 Å². The standard InChI is InChI=1S/C22H17NOS/c1-16(24)23-15-21(17-8-4-2-5-9-17)20-13-12-19(14-22(20)23)25-18-10-6-3-7-11-18/h2-15H,1H3. The molecule has 122 valence electrons. The van der Waals surface area contributed by atoms with Crippen molar-refractivity contribution < 1.29 is 4.79 Å². The summed E-state index contributed by atoms with van der Waals surface area (Å²) in [6.45, 7) is 1.60. The monoisotopic (exact) mass is 343 g/mol. The summed E-state index contributed by atoms with van der Waals surface area (Å²) >= 11 is 1.70. The maximum atomic E-state index is 12.1. The Kier molecular flexibility index (Phi) is 4.16. The summed E-state index contributed by atoms with van der Waals surface area (Å²) in [6.07, 6.45) is 1.94. The Bertz CT molecular complexity index is 1040. The second-order valence-corrected chi connectivity index (χ2v) is 7.04. The molecule has 0 aliphatic heterocycles. The molecule has 0 saturated heterocycles. The van der Waals surface area contributed by atoms with Gasteiger partial charge < -0.3 is 0 Å². The molecule has 3 heteroatoms. The molecule has 0 atom stereocenters. The van der Waals surface area contributed by atoms with Gasteiger partial charge in [-0.15, -0.1) is 0 Å². The van der Waals surface area contributed by atoms with Crippen molar-refractivity contribution in [3.05, 3.63) is 85.1 Å². The summed E-state index contributed by atoms with van der Waals surface area (Å²) in [4.78, 5) is 14.4. The minimum Gasteiger partial charge on any atom is -0.287 e. The van der Waals surface area contributed by atoms with Gasteiger partial charge in [-0.2, -0.15) is 0 Å². The van der Waals surface area contributed by atoms with Gasteiger partial charge in [0.1, 0.15) is 0 Å². The lowest BCUT2D eigenvalue weighted by atomic mass is 10.1. The highest BCUT2D eigenvalue weighted by Crippen LogP contribution is 2.35. The van der Waals surface area contributed by atoms with Gasteiger partial charge in [0.25, 0.3) is 0 Å². The van der Waals surface area contributed by atoms with Gasteiger partial charge in [0, 0.05) is 33.9 Å².